The smallest absolute Gasteiger partial charge is 0.274 e. The normalized spacial score (nSPS) is 20.0. The SMILES string of the molecule is COC[C@H](NC(=O)c1cc(C)on1)C(=O)N[C@@H](CO)C(=O)N[C@@H](CC(C)C)C(=O)[C@]1(C)CO1. The lowest BCUT2D eigenvalue weighted by atomic mass is 9.93. The van der Waals surface area contributed by atoms with Crippen LogP contribution in [0.3, 0.4) is 0 Å². The lowest BCUT2D eigenvalue weighted by molar-refractivity contribution is -0.134. The van der Waals surface area contributed by atoms with Crippen molar-refractivity contribution in [1.82, 2.24) is 21.1 Å². The summed E-state index contributed by atoms with van der Waals surface area (Å²) in [5.41, 5.74) is -0.957. The van der Waals surface area contributed by atoms with Crippen LogP contribution < -0.4 is 16.0 Å². The van der Waals surface area contributed by atoms with E-state index in [0.29, 0.717) is 12.2 Å². The van der Waals surface area contributed by atoms with E-state index in [1.54, 1.807) is 13.8 Å². The van der Waals surface area contributed by atoms with Crippen molar-refractivity contribution >= 4 is 23.5 Å². The number of ketones is 1. The predicted octanol–water partition coefficient (Wildman–Crippen LogP) is -0.906. The molecule has 184 valence electrons. The van der Waals surface area contributed by atoms with Gasteiger partial charge < -0.3 is 35.1 Å². The minimum Gasteiger partial charge on any atom is -0.394 e. The summed E-state index contributed by atoms with van der Waals surface area (Å²) in [5, 5.41) is 20.7. The molecule has 0 aliphatic carbocycles. The summed E-state index contributed by atoms with van der Waals surface area (Å²) in [4.78, 5) is 50.5. The van der Waals surface area contributed by atoms with Gasteiger partial charge in [-0.25, -0.2) is 0 Å². The van der Waals surface area contributed by atoms with Crippen molar-refractivity contribution in [2.45, 2.75) is 57.8 Å². The number of ether oxygens (including phenoxy) is 2. The summed E-state index contributed by atoms with van der Waals surface area (Å²) >= 11 is 0. The number of carbonyl (C=O) groups is 4. The van der Waals surface area contributed by atoms with E-state index in [-0.39, 0.29) is 30.6 Å². The topological polar surface area (TPSA) is 172 Å². The number of aryl methyl sites for hydroxylation is 1. The Morgan fingerprint density at radius 3 is 2.24 bits per heavy atom. The number of methoxy groups -OCH3 is 1. The summed E-state index contributed by atoms with van der Waals surface area (Å²) < 4.78 is 15.0. The van der Waals surface area contributed by atoms with E-state index in [2.05, 4.69) is 21.1 Å². The van der Waals surface area contributed by atoms with Gasteiger partial charge >= 0.3 is 0 Å². The van der Waals surface area contributed by atoms with Crippen molar-refractivity contribution in [2.24, 2.45) is 5.92 Å². The molecule has 0 saturated carbocycles. The van der Waals surface area contributed by atoms with E-state index in [1.165, 1.54) is 13.2 Å². The average Bonchev–Trinajstić information content (AvgIpc) is 3.35. The summed E-state index contributed by atoms with van der Waals surface area (Å²) in [5.74, 6) is -1.91. The zero-order valence-electron chi connectivity index (χ0n) is 19.5. The van der Waals surface area contributed by atoms with Gasteiger partial charge in [-0.2, -0.15) is 0 Å². The molecule has 12 nitrogen and oxygen atoms in total. The molecule has 1 aromatic heterocycles. The zero-order valence-corrected chi connectivity index (χ0v) is 19.5. The second-order valence-electron chi connectivity index (χ2n) is 8.62. The van der Waals surface area contributed by atoms with Crippen LogP contribution in [0.15, 0.2) is 10.6 Å². The second kappa shape index (κ2) is 11.3. The third kappa shape index (κ3) is 7.34. The second-order valence-corrected chi connectivity index (χ2v) is 8.62. The van der Waals surface area contributed by atoms with Crippen molar-refractivity contribution in [3.8, 4) is 0 Å². The third-order valence-corrected chi connectivity index (χ3v) is 5.07. The highest BCUT2D eigenvalue weighted by molar-refractivity contribution is 5.99. The van der Waals surface area contributed by atoms with E-state index in [0.717, 1.165) is 0 Å². The first-order valence-corrected chi connectivity index (χ1v) is 10.6. The number of aromatic nitrogens is 1. The maximum absolute atomic E-state index is 12.8. The molecule has 1 fully saturated rings. The molecule has 0 aromatic carbocycles. The van der Waals surface area contributed by atoms with Crippen LogP contribution in [0.2, 0.25) is 0 Å². The van der Waals surface area contributed by atoms with Gasteiger partial charge in [0.2, 0.25) is 11.8 Å². The first-order chi connectivity index (χ1) is 15.5. The molecule has 4 atom stereocenters. The van der Waals surface area contributed by atoms with Crippen molar-refractivity contribution in [3.63, 3.8) is 0 Å². The molecular weight excluding hydrogens is 436 g/mol. The van der Waals surface area contributed by atoms with Crippen LogP contribution in [0.4, 0.5) is 0 Å². The summed E-state index contributed by atoms with van der Waals surface area (Å²) in [6.45, 7) is 6.43. The van der Waals surface area contributed by atoms with Crippen molar-refractivity contribution in [2.75, 3.05) is 26.9 Å². The van der Waals surface area contributed by atoms with Crippen LogP contribution in [0.1, 0.15) is 43.4 Å². The molecule has 4 N–H and O–H groups in total. The molecule has 33 heavy (non-hydrogen) atoms. The van der Waals surface area contributed by atoms with E-state index in [9.17, 15) is 24.3 Å². The molecule has 0 radical (unpaired) electrons. The Morgan fingerprint density at radius 2 is 1.76 bits per heavy atom. The Morgan fingerprint density at radius 1 is 1.15 bits per heavy atom. The number of nitrogens with one attached hydrogen (secondary N) is 3. The predicted molar refractivity (Wildman–Crippen MR) is 114 cm³/mol. The van der Waals surface area contributed by atoms with Crippen LogP contribution in [0.5, 0.6) is 0 Å². The highest BCUT2D eigenvalue weighted by Gasteiger charge is 2.50. The fraction of sp³-hybridized carbons (Fsp3) is 0.667. The molecular formula is C21H32N4O8. The molecule has 0 unspecified atom stereocenters. The van der Waals surface area contributed by atoms with Crippen molar-refractivity contribution < 1.29 is 38.3 Å². The van der Waals surface area contributed by atoms with Crippen LogP contribution in [0.25, 0.3) is 0 Å². The van der Waals surface area contributed by atoms with Gasteiger partial charge in [-0.1, -0.05) is 19.0 Å². The van der Waals surface area contributed by atoms with E-state index >= 15 is 0 Å². The van der Waals surface area contributed by atoms with Gasteiger partial charge in [0.1, 0.15) is 23.4 Å². The molecule has 2 rings (SSSR count). The van der Waals surface area contributed by atoms with Gasteiger partial charge in [-0.05, 0) is 26.2 Å². The van der Waals surface area contributed by atoms with Crippen molar-refractivity contribution in [1.29, 1.82) is 0 Å². The number of epoxide rings is 1. The lowest BCUT2D eigenvalue weighted by Crippen LogP contribution is -2.58. The number of amides is 3. The van der Waals surface area contributed by atoms with Gasteiger partial charge in [-0.3, -0.25) is 19.2 Å². The van der Waals surface area contributed by atoms with Crippen molar-refractivity contribution in [3.05, 3.63) is 17.5 Å². The molecule has 12 heteroatoms. The Balaban J connectivity index is 2.04. The summed E-state index contributed by atoms with van der Waals surface area (Å²) in [7, 11) is 1.34. The Kier molecular flexibility index (Phi) is 9.08. The zero-order chi connectivity index (χ0) is 24.8. The Bertz CT molecular complexity index is 864. The molecule has 1 aliphatic heterocycles. The van der Waals surface area contributed by atoms with Gasteiger partial charge in [0.05, 0.1) is 25.9 Å². The summed E-state index contributed by atoms with van der Waals surface area (Å²) in [6, 6.07) is -1.95. The van der Waals surface area contributed by atoms with Crippen LogP contribution in [-0.2, 0) is 23.9 Å². The first-order valence-electron chi connectivity index (χ1n) is 10.6. The monoisotopic (exact) mass is 468 g/mol. The first kappa shape index (κ1) is 26.4. The van der Waals surface area contributed by atoms with Crippen LogP contribution in [-0.4, -0.2) is 84.4 Å². The maximum atomic E-state index is 12.8. The fourth-order valence-corrected chi connectivity index (χ4v) is 3.12. The molecule has 0 spiro atoms. The molecule has 1 aromatic rings. The lowest BCUT2D eigenvalue weighted by Gasteiger charge is -2.25. The molecule has 2 heterocycles. The Hall–Kier alpha value is -2.83. The quantitative estimate of drug-likeness (QED) is 0.267. The number of nitrogens with zero attached hydrogens (tertiary/aromatic N) is 1. The number of hydrogen-bond acceptors (Lipinski definition) is 9. The van der Waals surface area contributed by atoms with Gasteiger partial charge in [0.15, 0.2) is 11.5 Å². The highest BCUT2D eigenvalue weighted by atomic mass is 16.6. The standard InChI is InChI=1S/C21H32N4O8/c1-11(2)6-13(17(27)21(4)10-32-21)22-19(29)15(8-26)23-20(30)16(9-31-5)24-18(28)14-7-12(3)33-25-14/h7,11,13,15-16,26H,6,8-10H2,1-5H3,(H,22,29)(H,23,30)(H,24,28)/t13-,15-,16-,21-/m0/s1. The summed E-state index contributed by atoms with van der Waals surface area (Å²) in [6.07, 6.45) is 0.370. The largest absolute Gasteiger partial charge is 0.394 e. The number of aliphatic hydroxyl groups excluding tert-OH is 1. The van der Waals surface area contributed by atoms with E-state index < -0.39 is 48.1 Å². The molecule has 1 aliphatic rings. The van der Waals surface area contributed by atoms with Gasteiger partial charge in [0, 0.05) is 13.2 Å². The number of Topliss-reactive ketones (excluding diaryl/α,β-unsaturated/α-hetero) is 1. The fourth-order valence-electron chi connectivity index (χ4n) is 3.12. The highest BCUT2D eigenvalue weighted by Crippen LogP contribution is 2.29. The molecule has 0 bridgehead atoms. The molecule has 3 amide bonds. The number of hydrogen-bond donors (Lipinski definition) is 4. The van der Waals surface area contributed by atoms with Crippen LogP contribution >= 0.6 is 0 Å². The van der Waals surface area contributed by atoms with Gasteiger partial charge in [0.25, 0.3) is 5.91 Å². The minimum atomic E-state index is -1.35. The van der Waals surface area contributed by atoms with E-state index in [4.69, 9.17) is 14.0 Å². The third-order valence-electron chi connectivity index (χ3n) is 5.07. The minimum absolute atomic E-state index is 0.0244. The Labute approximate surface area is 191 Å². The maximum Gasteiger partial charge on any atom is 0.274 e. The van der Waals surface area contributed by atoms with Crippen LogP contribution in [0, 0.1) is 12.8 Å². The number of rotatable bonds is 13. The van der Waals surface area contributed by atoms with Gasteiger partial charge in [-0.15, -0.1) is 0 Å². The molecule has 1 saturated heterocycles. The van der Waals surface area contributed by atoms with E-state index in [1.807, 2.05) is 13.8 Å². The average molecular weight is 469 g/mol. The number of aliphatic hydroxyl groups is 1. The number of carbonyl (C=O) groups excluding carboxylic acids is 4.